The van der Waals surface area contributed by atoms with Gasteiger partial charge in [0.1, 0.15) is 5.75 Å². The monoisotopic (exact) mass is 327 g/mol. The van der Waals surface area contributed by atoms with Gasteiger partial charge in [-0.05, 0) is 49.9 Å². The lowest BCUT2D eigenvalue weighted by molar-refractivity contribution is -0.139. The second kappa shape index (κ2) is 6.67. The van der Waals surface area contributed by atoms with E-state index in [9.17, 15) is 4.79 Å². The summed E-state index contributed by atoms with van der Waals surface area (Å²) in [5.41, 5.74) is 4.52. The topological polar surface area (TPSA) is 47.4 Å². The van der Waals surface area contributed by atoms with Crippen LogP contribution in [-0.2, 0) is 18.3 Å². The SMILES string of the molecule is COc1cccc([C@H]2CCN2C(=O)CCc2c(C)nn(C)c2C)c1. The number of likely N-dealkylation sites (tertiary alicyclic amines) is 1. The van der Waals surface area contributed by atoms with Gasteiger partial charge in [0, 0.05) is 25.7 Å². The number of hydrogen-bond acceptors (Lipinski definition) is 3. The van der Waals surface area contributed by atoms with Crippen LogP contribution in [0.5, 0.6) is 5.75 Å². The molecule has 2 aromatic rings. The van der Waals surface area contributed by atoms with Crippen LogP contribution in [0.3, 0.4) is 0 Å². The maximum Gasteiger partial charge on any atom is 0.223 e. The Morgan fingerprint density at radius 3 is 2.75 bits per heavy atom. The van der Waals surface area contributed by atoms with E-state index in [0.29, 0.717) is 6.42 Å². The first-order valence-corrected chi connectivity index (χ1v) is 8.43. The average molecular weight is 327 g/mol. The highest BCUT2D eigenvalue weighted by Crippen LogP contribution is 2.35. The van der Waals surface area contributed by atoms with E-state index in [-0.39, 0.29) is 11.9 Å². The van der Waals surface area contributed by atoms with E-state index >= 15 is 0 Å². The molecule has 0 unspecified atom stereocenters. The molecule has 5 heteroatoms. The van der Waals surface area contributed by atoms with Crippen LogP contribution in [-0.4, -0.2) is 34.2 Å². The smallest absolute Gasteiger partial charge is 0.223 e. The summed E-state index contributed by atoms with van der Waals surface area (Å²) >= 11 is 0. The Hall–Kier alpha value is -2.30. The highest BCUT2D eigenvalue weighted by atomic mass is 16.5. The second-order valence-electron chi connectivity index (χ2n) is 6.44. The Kier molecular flexibility index (Phi) is 4.60. The fourth-order valence-electron chi connectivity index (χ4n) is 3.44. The zero-order valence-corrected chi connectivity index (χ0v) is 14.9. The van der Waals surface area contributed by atoms with Crippen molar-refractivity contribution in [3.05, 3.63) is 46.8 Å². The highest BCUT2D eigenvalue weighted by molar-refractivity contribution is 5.78. The number of nitrogens with zero attached hydrogens (tertiary/aromatic N) is 3. The molecule has 0 N–H and O–H groups in total. The summed E-state index contributed by atoms with van der Waals surface area (Å²) < 4.78 is 7.18. The fraction of sp³-hybridized carbons (Fsp3) is 0.474. The molecule has 1 atom stereocenters. The Balaban J connectivity index is 1.65. The first kappa shape index (κ1) is 16.6. The largest absolute Gasteiger partial charge is 0.497 e. The standard InChI is InChI=1S/C19H25N3O2/c1-13-17(14(2)21(3)20-13)8-9-19(23)22-11-10-18(22)15-6-5-7-16(12-15)24-4/h5-7,12,18H,8-11H2,1-4H3/t18-/m1/s1. The fourth-order valence-corrected chi connectivity index (χ4v) is 3.44. The van der Waals surface area contributed by atoms with Crippen molar-refractivity contribution in [3.63, 3.8) is 0 Å². The average Bonchev–Trinajstić information content (AvgIpc) is 2.77. The molecule has 3 rings (SSSR count). The van der Waals surface area contributed by atoms with Crippen LogP contribution in [0.15, 0.2) is 24.3 Å². The molecule has 24 heavy (non-hydrogen) atoms. The predicted molar refractivity (Wildman–Crippen MR) is 93.1 cm³/mol. The lowest BCUT2D eigenvalue weighted by atomic mass is 9.93. The minimum atomic E-state index is 0.184. The number of benzene rings is 1. The van der Waals surface area contributed by atoms with Gasteiger partial charge in [-0.3, -0.25) is 9.48 Å². The van der Waals surface area contributed by atoms with E-state index in [1.165, 1.54) is 5.56 Å². The third kappa shape index (κ3) is 3.03. The molecule has 1 saturated heterocycles. The number of aryl methyl sites for hydroxylation is 2. The molecule has 1 aliphatic rings. The van der Waals surface area contributed by atoms with Crippen LogP contribution in [0.25, 0.3) is 0 Å². The molecule has 5 nitrogen and oxygen atoms in total. The summed E-state index contributed by atoms with van der Waals surface area (Å²) in [5, 5.41) is 4.43. The van der Waals surface area contributed by atoms with Gasteiger partial charge in [0.25, 0.3) is 0 Å². The normalized spacial score (nSPS) is 16.8. The van der Waals surface area contributed by atoms with Crippen LogP contribution in [0.2, 0.25) is 0 Å². The molecular weight excluding hydrogens is 302 g/mol. The number of aromatic nitrogens is 2. The maximum atomic E-state index is 12.6. The first-order valence-electron chi connectivity index (χ1n) is 8.43. The maximum absolute atomic E-state index is 12.6. The summed E-state index contributed by atoms with van der Waals surface area (Å²) in [5.74, 6) is 1.06. The highest BCUT2D eigenvalue weighted by Gasteiger charge is 2.33. The molecule has 128 valence electrons. The van der Waals surface area contributed by atoms with Crippen molar-refractivity contribution in [2.75, 3.05) is 13.7 Å². The molecule has 2 heterocycles. The molecule has 1 aromatic heterocycles. The number of amides is 1. The summed E-state index contributed by atoms with van der Waals surface area (Å²) in [6.45, 7) is 4.91. The quantitative estimate of drug-likeness (QED) is 0.848. The third-order valence-corrected chi connectivity index (χ3v) is 5.07. The van der Waals surface area contributed by atoms with Crippen LogP contribution < -0.4 is 4.74 Å². The number of ether oxygens (including phenoxy) is 1. The third-order valence-electron chi connectivity index (χ3n) is 5.07. The number of carbonyl (C=O) groups is 1. The van der Waals surface area contributed by atoms with E-state index in [4.69, 9.17) is 4.74 Å². The Bertz CT molecular complexity index is 751. The minimum Gasteiger partial charge on any atom is -0.497 e. The molecule has 0 aliphatic carbocycles. The number of carbonyl (C=O) groups excluding carboxylic acids is 1. The van der Waals surface area contributed by atoms with E-state index in [1.807, 2.05) is 41.8 Å². The number of rotatable bonds is 5. The zero-order valence-electron chi connectivity index (χ0n) is 14.9. The Morgan fingerprint density at radius 2 is 2.17 bits per heavy atom. The molecule has 1 aromatic carbocycles. The summed E-state index contributed by atoms with van der Waals surface area (Å²) in [4.78, 5) is 14.6. The van der Waals surface area contributed by atoms with Gasteiger partial charge in [-0.2, -0.15) is 5.10 Å². The minimum absolute atomic E-state index is 0.184. The van der Waals surface area contributed by atoms with Gasteiger partial charge >= 0.3 is 0 Å². The number of methoxy groups -OCH3 is 1. The molecule has 0 saturated carbocycles. The molecule has 0 spiro atoms. The lowest BCUT2D eigenvalue weighted by Crippen LogP contribution is -2.45. The van der Waals surface area contributed by atoms with Crippen LogP contribution in [0, 0.1) is 13.8 Å². The van der Waals surface area contributed by atoms with Crippen molar-refractivity contribution in [1.29, 1.82) is 0 Å². The van der Waals surface area contributed by atoms with E-state index < -0.39 is 0 Å². The van der Waals surface area contributed by atoms with Gasteiger partial charge < -0.3 is 9.64 Å². The second-order valence-corrected chi connectivity index (χ2v) is 6.44. The van der Waals surface area contributed by atoms with Gasteiger partial charge in [-0.15, -0.1) is 0 Å². The van der Waals surface area contributed by atoms with Gasteiger partial charge in [-0.1, -0.05) is 12.1 Å². The number of hydrogen-bond donors (Lipinski definition) is 0. The van der Waals surface area contributed by atoms with Crippen molar-refractivity contribution in [2.45, 2.75) is 39.2 Å². The van der Waals surface area contributed by atoms with Crippen molar-refractivity contribution >= 4 is 5.91 Å². The van der Waals surface area contributed by atoms with Crippen molar-refractivity contribution < 1.29 is 9.53 Å². The zero-order chi connectivity index (χ0) is 17.3. The van der Waals surface area contributed by atoms with E-state index in [1.54, 1.807) is 7.11 Å². The van der Waals surface area contributed by atoms with Gasteiger partial charge in [-0.25, -0.2) is 0 Å². The van der Waals surface area contributed by atoms with E-state index in [0.717, 1.165) is 42.1 Å². The molecule has 0 radical (unpaired) electrons. The molecule has 1 aliphatic heterocycles. The summed E-state index contributed by atoms with van der Waals surface area (Å²) in [6.07, 6.45) is 2.31. The van der Waals surface area contributed by atoms with E-state index in [2.05, 4.69) is 18.1 Å². The Labute approximate surface area is 143 Å². The summed E-state index contributed by atoms with van der Waals surface area (Å²) in [6, 6.07) is 8.20. The lowest BCUT2D eigenvalue weighted by Gasteiger charge is -2.41. The summed E-state index contributed by atoms with van der Waals surface area (Å²) in [7, 11) is 3.61. The van der Waals surface area contributed by atoms with Crippen molar-refractivity contribution in [1.82, 2.24) is 14.7 Å². The molecule has 1 fully saturated rings. The Morgan fingerprint density at radius 1 is 1.38 bits per heavy atom. The van der Waals surface area contributed by atoms with Crippen LogP contribution in [0.1, 0.15) is 41.4 Å². The molecular formula is C19H25N3O2. The predicted octanol–water partition coefficient (Wildman–Crippen LogP) is 2.95. The van der Waals surface area contributed by atoms with Crippen LogP contribution >= 0.6 is 0 Å². The van der Waals surface area contributed by atoms with Gasteiger partial charge in [0.2, 0.25) is 5.91 Å². The van der Waals surface area contributed by atoms with Gasteiger partial charge in [0.15, 0.2) is 0 Å². The van der Waals surface area contributed by atoms with Crippen molar-refractivity contribution in [2.24, 2.45) is 7.05 Å². The van der Waals surface area contributed by atoms with Crippen molar-refractivity contribution in [3.8, 4) is 5.75 Å². The van der Waals surface area contributed by atoms with Crippen LogP contribution in [0.4, 0.5) is 0 Å². The first-order chi connectivity index (χ1) is 11.5. The van der Waals surface area contributed by atoms with Gasteiger partial charge in [0.05, 0.1) is 18.8 Å². The molecule has 1 amide bonds. The molecule has 0 bridgehead atoms.